The van der Waals surface area contributed by atoms with Crippen molar-refractivity contribution in [3.63, 3.8) is 0 Å². The highest BCUT2D eigenvalue weighted by Crippen LogP contribution is 2.47. The van der Waals surface area contributed by atoms with Gasteiger partial charge in [-0.05, 0) is 18.2 Å². The molecule has 9 heteroatoms. The molecule has 0 spiro atoms. The molecule has 1 atom stereocenters. The molecule has 0 aliphatic carbocycles. The fourth-order valence-electron chi connectivity index (χ4n) is 1.74. The van der Waals surface area contributed by atoms with Crippen molar-refractivity contribution in [2.75, 3.05) is 7.11 Å². The molecule has 20 heavy (non-hydrogen) atoms. The summed E-state index contributed by atoms with van der Waals surface area (Å²) in [4.78, 5) is 0. The van der Waals surface area contributed by atoms with Crippen molar-refractivity contribution in [3.8, 4) is 5.75 Å². The summed E-state index contributed by atoms with van der Waals surface area (Å²) in [5.74, 6) is -3.81. The van der Waals surface area contributed by atoms with Gasteiger partial charge in [0.15, 0.2) is 5.92 Å². The normalized spacial score (nSPS) is 14.5. The van der Waals surface area contributed by atoms with Gasteiger partial charge in [0.05, 0.1) is 13.2 Å². The fraction of sp³-hybridized carbons (Fsp3) is 0.455. The standard InChI is InChI=1S/C11H10BrF6NO/c1-20-7-3-2-5(12)4-6(7)8(19)9(10(13,14)15)11(16,17)18/h2-4,8-9H,19H2,1H3. The zero-order valence-electron chi connectivity index (χ0n) is 10.0. The van der Waals surface area contributed by atoms with E-state index in [4.69, 9.17) is 10.5 Å². The van der Waals surface area contributed by atoms with E-state index in [2.05, 4.69) is 15.9 Å². The lowest BCUT2D eigenvalue weighted by molar-refractivity contribution is -0.290. The van der Waals surface area contributed by atoms with Crippen LogP contribution in [0.1, 0.15) is 11.6 Å². The molecule has 2 N–H and O–H groups in total. The molecule has 114 valence electrons. The Balaban J connectivity index is 3.33. The Morgan fingerprint density at radius 1 is 1.10 bits per heavy atom. The van der Waals surface area contributed by atoms with Crippen LogP contribution < -0.4 is 10.5 Å². The van der Waals surface area contributed by atoms with Crippen molar-refractivity contribution in [1.29, 1.82) is 0 Å². The lowest BCUT2D eigenvalue weighted by Gasteiger charge is -2.29. The first-order valence-electron chi connectivity index (χ1n) is 5.21. The van der Waals surface area contributed by atoms with Crippen molar-refractivity contribution in [2.45, 2.75) is 18.4 Å². The average Bonchev–Trinajstić information content (AvgIpc) is 2.24. The molecule has 0 aliphatic rings. The third-order valence-electron chi connectivity index (χ3n) is 2.62. The van der Waals surface area contributed by atoms with E-state index in [1.54, 1.807) is 0 Å². The van der Waals surface area contributed by atoms with Gasteiger partial charge in [-0.15, -0.1) is 0 Å². The molecule has 2 nitrogen and oxygen atoms in total. The van der Waals surface area contributed by atoms with Crippen LogP contribution in [0.15, 0.2) is 22.7 Å². The Morgan fingerprint density at radius 2 is 1.60 bits per heavy atom. The average molecular weight is 366 g/mol. The maximum absolute atomic E-state index is 12.6. The molecular formula is C11H10BrF6NO. The number of methoxy groups -OCH3 is 1. The Bertz CT molecular complexity index is 459. The number of benzene rings is 1. The van der Waals surface area contributed by atoms with E-state index in [0.29, 0.717) is 4.47 Å². The molecule has 0 radical (unpaired) electrons. The highest BCUT2D eigenvalue weighted by atomic mass is 79.9. The van der Waals surface area contributed by atoms with Crippen molar-refractivity contribution in [1.82, 2.24) is 0 Å². The number of rotatable bonds is 3. The smallest absolute Gasteiger partial charge is 0.402 e. The molecule has 0 saturated heterocycles. The second kappa shape index (κ2) is 5.80. The monoisotopic (exact) mass is 365 g/mol. The molecule has 1 unspecified atom stereocenters. The minimum atomic E-state index is -5.51. The second-order valence-electron chi connectivity index (χ2n) is 3.97. The number of alkyl halides is 6. The van der Waals surface area contributed by atoms with E-state index >= 15 is 0 Å². The first-order valence-corrected chi connectivity index (χ1v) is 6.00. The van der Waals surface area contributed by atoms with E-state index in [0.717, 1.165) is 13.2 Å². The lowest BCUT2D eigenvalue weighted by Crippen LogP contribution is -2.44. The SMILES string of the molecule is COc1ccc(Br)cc1C(N)C(C(F)(F)F)C(F)(F)F. The van der Waals surface area contributed by atoms with Gasteiger partial charge in [-0.3, -0.25) is 0 Å². The predicted molar refractivity (Wildman–Crippen MR) is 63.2 cm³/mol. The molecule has 0 amide bonds. The molecule has 0 heterocycles. The van der Waals surface area contributed by atoms with Crippen molar-refractivity contribution >= 4 is 15.9 Å². The minimum Gasteiger partial charge on any atom is -0.496 e. The van der Waals surface area contributed by atoms with Gasteiger partial charge in [-0.2, -0.15) is 26.3 Å². The summed E-state index contributed by atoms with van der Waals surface area (Å²) in [6.45, 7) is 0. The highest BCUT2D eigenvalue weighted by molar-refractivity contribution is 9.10. The van der Waals surface area contributed by atoms with Crippen molar-refractivity contribution in [3.05, 3.63) is 28.2 Å². The van der Waals surface area contributed by atoms with Gasteiger partial charge in [0, 0.05) is 10.0 Å². The number of ether oxygens (including phenoxy) is 1. The van der Waals surface area contributed by atoms with Crippen LogP contribution in [-0.2, 0) is 0 Å². The first-order chi connectivity index (χ1) is 8.98. The summed E-state index contributed by atoms with van der Waals surface area (Å²) in [6.07, 6.45) is -11.0. The second-order valence-corrected chi connectivity index (χ2v) is 4.89. The first kappa shape index (κ1) is 17.1. The maximum atomic E-state index is 12.6. The molecule has 1 rings (SSSR count). The molecular weight excluding hydrogens is 356 g/mol. The van der Waals surface area contributed by atoms with Crippen LogP contribution >= 0.6 is 15.9 Å². The number of nitrogens with two attached hydrogens (primary N) is 1. The largest absolute Gasteiger partial charge is 0.496 e. The van der Waals surface area contributed by atoms with E-state index in [1.165, 1.54) is 12.1 Å². The molecule has 0 aromatic heterocycles. The van der Waals surface area contributed by atoms with Crippen molar-refractivity contribution in [2.24, 2.45) is 11.7 Å². The summed E-state index contributed by atoms with van der Waals surface area (Å²) >= 11 is 2.97. The number of hydrogen-bond acceptors (Lipinski definition) is 2. The van der Waals surface area contributed by atoms with Gasteiger partial charge >= 0.3 is 12.4 Å². The maximum Gasteiger partial charge on any atom is 0.402 e. The topological polar surface area (TPSA) is 35.2 Å². The van der Waals surface area contributed by atoms with Crippen LogP contribution in [0.5, 0.6) is 5.75 Å². The minimum absolute atomic E-state index is 0.140. The Hall–Kier alpha value is -0.960. The summed E-state index contributed by atoms with van der Waals surface area (Å²) in [6, 6.07) is 1.42. The van der Waals surface area contributed by atoms with Crippen molar-refractivity contribution < 1.29 is 31.1 Å². The molecule has 0 saturated carbocycles. The van der Waals surface area contributed by atoms with Gasteiger partial charge in [0.2, 0.25) is 0 Å². The third kappa shape index (κ3) is 3.78. The zero-order valence-corrected chi connectivity index (χ0v) is 11.6. The quantitative estimate of drug-likeness (QED) is 0.814. The molecule has 0 aliphatic heterocycles. The molecule has 0 bridgehead atoms. The van der Waals surface area contributed by atoms with Crippen LogP contribution in [0.2, 0.25) is 0 Å². The summed E-state index contributed by atoms with van der Waals surface area (Å²) in [5.41, 5.74) is 4.84. The summed E-state index contributed by atoms with van der Waals surface area (Å²) in [5, 5.41) is 0. The van der Waals surface area contributed by atoms with Crippen LogP contribution in [0.25, 0.3) is 0 Å². The van der Waals surface area contributed by atoms with Gasteiger partial charge in [-0.1, -0.05) is 15.9 Å². The Kier molecular flexibility index (Phi) is 4.96. The summed E-state index contributed by atoms with van der Waals surface area (Å²) in [7, 11) is 1.13. The molecule has 1 aromatic carbocycles. The fourth-order valence-corrected chi connectivity index (χ4v) is 2.12. The lowest BCUT2D eigenvalue weighted by atomic mass is 9.92. The van der Waals surface area contributed by atoms with Gasteiger partial charge in [0.25, 0.3) is 0 Å². The van der Waals surface area contributed by atoms with E-state index in [1.807, 2.05) is 0 Å². The van der Waals surface area contributed by atoms with Crippen LogP contribution in [0.3, 0.4) is 0 Å². The van der Waals surface area contributed by atoms with E-state index in [9.17, 15) is 26.3 Å². The zero-order chi connectivity index (χ0) is 15.7. The summed E-state index contributed by atoms with van der Waals surface area (Å²) < 4.78 is 80.9. The number of halogens is 7. The Morgan fingerprint density at radius 3 is 2.00 bits per heavy atom. The third-order valence-corrected chi connectivity index (χ3v) is 3.11. The highest BCUT2D eigenvalue weighted by Gasteiger charge is 2.60. The van der Waals surface area contributed by atoms with Crippen LogP contribution in [0, 0.1) is 5.92 Å². The van der Waals surface area contributed by atoms with E-state index < -0.39 is 24.3 Å². The number of hydrogen-bond donors (Lipinski definition) is 1. The predicted octanol–water partition coefficient (Wildman–Crippen LogP) is 4.20. The Labute approximate surface area is 119 Å². The van der Waals surface area contributed by atoms with E-state index in [-0.39, 0.29) is 11.3 Å². The van der Waals surface area contributed by atoms with Gasteiger partial charge < -0.3 is 10.5 Å². The van der Waals surface area contributed by atoms with Crippen LogP contribution in [0.4, 0.5) is 26.3 Å². The van der Waals surface area contributed by atoms with Gasteiger partial charge in [-0.25, -0.2) is 0 Å². The van der Waals surface area contributed by atoms with Crippen LogP contribution in [-0.4, -0.2) is 19.5 Å². The molecule has 1 aromatic rings. The van der Waals surface area contributed by atoms with Gasteiger partial charge in [0.1, 0.15) is 5.75 Å². The molecule has 0 fully saturated rings.